The molecular weight excluding hydrogens is 436 g/mol. The predicted molar refractivity (Wildman–Crippen MR) is 95.1 cm³/mol. The lowest BCUT2D eigenvalue weighted by Gasteiger charge is -2.33. The van der Waals surface area contributed by atoms with E-state index in [2.05, 4.69) is 18.2 Å². The molecule has 0 N–H and O–H groups in total. The van der Waals surface area contributed by atoms with Gasteiger partial charge in [-0.3, -0.25) is 0 Å². The number of nitrogens with zero attached hydrogens (tertiary/aromatic N) is 2. The van der Waals surface area contributed by atoms with Crippen molar-refractivity contribution < 1.29 is 17.6 Å². The standard InChI is InChI=1S/C15H20F3IN2OSi/c1-14(2,3)13(22-23(4)5)9-6-7-12(19)21-10(9)8-11(20-21)15(16,17)18/h6-8,13,23H,1-5H3. The van der Waals surface area contributed by atoms with Crippen LogP contribution < -0.4 is 0 Å². The Bertz CT molecular complexity index is 707. The molecule has 0 spiro atoms. The van der Waals surface area contributed by atoms with Crippen molar-refractivity contribution in [1.29, 1.82) is 0 Å². The molecule has 2 aromatic heterocycles. The Morgan fingerprint density at radius 2 is 1.83 bits per heavy atom. The minimum Gasteiger partial charge on any atom is -0.413 e. The summed E-state index contributed by atoms with van der Waals surface area (Å²) in [5.74, 6) is 0. The SMILES string of the molecule is C[SiH](C)OC(c1ccc(I)n2nc(C(F)(F)F)cc12)C(C)(C)C. The van der Waals surface area contributed by atoms with E-state index in [0.29, 0.717) is 9.22 Å². The third kappa shape index (κ3) is 4.08. The second-order valence-electron chi connectivity index (χ2n) is 6.87. The maximum absolute atomic E-state index is 13.0. The first kappa shape index (κ1) is 18.7. The van der Waals surface area contributed by atoms with Crippen molar-refractivity contribution in [3.8, 4) is 0 Å². The van der Waals surface area contributed by atoms with E-state index in [1.165, 1.54) is 4.52 Å². The third-order valence-corrected chi connectivity index (χ3v) is 5.01. The molecular formula is C15H20F3IN2OSi. The number of rotatable bonds is 3. The fourth-order valence-corrected chi connectivity index (χ4v) is 4.09. The van der Waals surface area contributed by atoms with Gasteiger partial charge < -0.3 is 4.43 Å². The summed E-state index contributed by atoms with van der Waals surface area (Å²) in [6, 6.07) is 4.74. The third-order valence-electron chi connectivity index (χ3n) is 3.38. The molecule has 1 atom stereocenters. The van der Waals surface area contributed by atoms with Crippen LogP contribution in [-0.4, -0.2) is 18.7 Å². The summed E-state index contributed by atoms with van der Waals surface area (Å²) in [4.78, 5) is 0. The van der Waals surface area contributed by atoms with Crippen LogP contribution in [0.15, 0.2) is 18.2 Å². The average Bonchev–Trinajstić information content (AvgIpc) is 2.81. The minimum atomic E-state index is -4.46. The Labute approximate surface area is 149 Å². The maximum Gasteiger partial charge on any atom is 0.435 e. The first-order valence-electron chi connectivity index (χ1n) is 7.32. The zero-order valence-corrected chi connectivity index (χ0v) is 17.0. The van der Waals surface area contributed by atoms with Gasteiger partial charge >= 0.3 is 6.18 Å². The molecule has 8 heteroatoms. The Hall–Kier alpha value is -0.613. The smallest absolute Gasteiger partial charge is 0.413 e. The molecule has 0 aliphatic rings. The van der Waals surface area contributed by atoms with Gasteiger partial charge in [-0.1, -0.05) is 26.8 Å². The molecule has 0 saturated carbocycles. The zero-order chi connectivity index (χ0) is 17.6. The van der Waals surface area contributed by atoms with Crippen molar-refractivity contribution in [3.63, 3.8) is 0 Å². The van der Waals surface area contributed by atoms with Crippen LogP contribution in [0.3, 0.4) is 0 Å². The van der Waals surface area contributed by atoms with Gasteiger partial charge in [-0.2, -0.15) is 18.3 Å². The lowest BCUT2D eigenvalue weighted by atomic mass is 9.84. The average molecular weight is 456 g/mol. The summed E-state index contributed by atoms with van der Waals surface area (Å²) in [5.41, 5.74) is 0.103. The van der Waals surface area contributed by atoms with Crippen LogP contribution in [0.25, 0.3) is 5.52 Å². The van der Waals surface area contributed by atoms with Gasteiger partial charge in [-0.15, -0.1) is 0 Å². The van der Waals surface area contributed by atoms with Gasteiger partial charge in [0.1, 0.15) is 3.70 Å². The topological polar surface area (TPSA) is 26.5 Å². The Kier molecular flexibility index (Phi) is 5.18. The highest BCUT2D eigenvalue weighted by Gasteiger charge is 2.36. The summed E-state index contributed by atoms with van der Waals surface area (Å²) in [6.45, 7) is 10.2. The number of alkyl halides is 3. The van der Waals surface area contributed by atoms with Crippen LogP contribution in [0.1, 0.15) is 38.1 Å². The van der Waals surface area contributed by atoms with Gasteiger partial charge in [0.25, 0.3) is 0 Å². The number of pyridine rings is 1. The van der Waals surface area contributed by atoms with Gasteiger partial charge in [0.15, 0.2) is 14.7 Å². The molecule has 3 nitrogen and oxygen atoms in total. The van der Waals surface area contributed by atoms with E-state index in [9.17, 15) is 13.2 Å². The predicted octanol–water partition coefficient (Wildman–Crippen LogP) is 5.04. The van der Waals surface area contributed by atoms with Crippen LogP contribution in [-0.2, 0) is 10.6 Å². The summed E-state index contributed by atoms with van der Waals surface area (Å²) in [5, 5.41) is 3.73. The van der Waals surface area contributed by atoms with E-state index in [0.717, 1.165) is 11.6 Å². The largest absolute Gasteiger partial charge is 0.435 e. The Morgan fingerprint density at radius 3 is 2.30 bits per heavy atom. The molecule has 23 heavy (non-hydrogen) atoms. The second kappa shape index (κ2) is 6.36. The molecule has 0 saturated heterocycles. The van der Waals surface area contributed by atoms with Crippen LogP contribution in [0.5, 0.6) is 0 Å². The molecule has 0 radical (unpaired) electrons. The van der Waals surface area contributed by atoms with Gasteiger partial charge in [0.05, 0.1) is 11.6 Å². The van der Waals surface area contributed by atoms with E-state index in [4.69, 9.17) is 4.43 Å². The minimum absolute atomic E-state index is 0.229. The van der Waals surface area contributed by atoms with Crippen LogP contribution >= 0.6 is 22.6 Å². The van der Waals surface area contributed by atoms with Gasteiger partial charge in [-0.05, 0) is 53.2 Å². The summed E-state index contributed by atoms with van der Waals surface area (Å²) >= 11 is 1.99. The number of fused-ring (bicyclic) bond motifs is 1. The van der Waals surface area contributed by atoms with Crippen LogP contribution in [0, 0.1) is 9.12 Å². The number of hydrogen-bond donors (Lipinski definition) is 0. The number of halogens is 4. The number of hydrogen-bond acceptors (Lipinski definition) is 2. The molecule has 128 valence electrons. The summed E-state index contributed by atoms with van der Waals surface area (Å²) < 4.78 is 47.2. The molecule has 0 amide bonds. The van der Waals surface area contributed by atoms with Crippen molar-refractivity contribution in [2.24, 2.45) is 5.41 Å². The van der Waals surface area contributed by atoms with Crippen LogP contribution in [0.2, 0.25) is 13.1 Å². The van der Waals surface area contributed by atoms with Crippen molar-refractivity contribution in [3.05, 3.63) is 33.2 Å². The highest BCUT2D eigenvalue weighted by Crippen LogP contribution is 2.40. The molecule has 0 fully saturated rings. The molecule has 0 aliphatic carbocycles. The maximum atomic E-state index is 13.0. The molecule has 1 unspecified atom stereocenters. The molecule has 2 heterocycles. The lowest BCUT2D eigenvalue weighted by molar-refractivity contribution is -0.141. The van der Waals surface area contributed by atoms with E-state index in [-0.39, 0.29) is 11.5 Å². The molecule has 2 rings (SSSR count). The molecule has 2 aromatic rings. The van der Waals surface area contributed by atoms with E-state index < -0.39 is 20.9 Å². The fraction of sp³-hybridized carbons (Fsp3) is 0.533. The highest BCUT2D eigenvalue weighted by atomic mass is 127. The van der Waals surface area contributed by atoms with Crippen LogP contribution in [0.4, 0.5) is 13.2 Å². The Balaban J connectivity index is 2.68. The van der Waals surface area contributed by atoms with Crippen molar-refractivity contribution in [1.82, 2.24) is 9.61 Å². The normalized spacial score (nSPS) is 14.7. The van der Waals surface area contributed by atoms with Crippen molar-refractivity contribution >= 4 is 37.1 Å². The lowest BCUT2D eigenvalue weighted by Crippen LogP contribution is -2.26. The summed E-state index contributed by atoms with van der Waals surface area (Å²) in [7, 11) is -1.37. The monoisotopic (exact) mass is 456 g/mol. The summed E-state index contributed by atoms with van der Waals surface area (Å²) in [6.07, 6.45) is -4.73. The van der Waals surface area contributed by atoms with Gasteiger partial charge in [0.2, 0.25) is 0 Å². The molecule has 0 aliphatic heterocycles. The van der Waals surface area contributed by atoms with E-state index in [1.54, 1.807) is 6.07 Å². The number of aromatic nitrogens is 2. The fourth-order valence-electron chi connectivity index (χ4n) is 2.44. The first-order valence-corrected chi connectivity index (χ1v) is 11.2. The quantitative estimate of drug-likeness (QED) is 0.368. The Morgan fingerprint density at radius 1 is 1.22 bits per heavy atom. The second-order valence-corrected chi connectivity index (χ2v) is 10.3. The highest BCUT2D eigenvalue weighted by molar-refractivity contribution is 14.1. The molecule has 0 aromatic carbocycles. The van der Waals surface area contributed by atoms with E-state index >= 15 is 0 Å². The van der Waals surface area contributed by atoms with Crippen molar-refractivity contribution in [2.75, 3.05) is 0 Å². The van der Waals surface area contributed by atoms with Crippen molar-refractivity contribution in [2.45, 2.75) is 46.1 Å². The first-order chi connectivity index (χ1) is 10.4. The van der Waals surface area contributed by atoms with Gasteiger partial charge in [-0.25, -0.2) is 4.52 Å². The van der Waals surface area contributed by atoms with Gasteiger partial charge in [0, 0.05) is 5.56 Å². The zero-order valence-electron chi connectivity index (χ0n) is 13.7. The molecule has 0 bridgehead atoms. The van der Waals surface area contributed by atoms with E-state index in [1.807, 2.05) is 49.4 Å².